The maximum atomic E-state index is 14.0. The Bertz CT molecular complexity index is 1140. The zero-order valence-corrected chi connectivity index (χ0v) is 20.7. The van der Waals surface area contributed by atoms with Gasteiger partial charge in [0.05, 0.1) is 12.0 Å². The summed E-state index contributed by atoms with van der Waals surface area (Å²) in [7, 11) is 0. The summed E-state index contributed by atoms with van der Waals surface area (Å²) in [6.45, 7) is 8.96. The standard InChI is InChI=1S/C28H34N4O3/c1-3-30-14-10-27(19-30)11-15-31(20-27)24(33)16-28(23-7-5-4-6-21(23)2)17-25(34)32(26(28)35)18-22-8-12-29-13-9-22/h4-9,12-13H,3,10-11,14-20H2,1-2H3/t27-,28-/m1/s1. The van der Waals surface area contributed by atoms with Crippen molar-refractivity contribution in [2.75, 3.05) is 32.7 Å². The van der Waals surface area contributed by atoms with E-state index in [4.69, 9.17) is 0 Å². The fourth-order valence-corrected chi connectivity index (χ4v) is 6.33. The highest BCUT2D eigenvalue weighted by Crippen LogP contribution is 2.44. The number of hydrogen-bond donors (Lipinski definition) is 0. The van der Waals surface area contributed by atoms with Crippen LogP contribution in [0.3, 0.4) is 0 Å². The fraction of sp³-hybridized carbons (Fsp3) is 0.500. The zero-order valence-electron chi connectivity index (χ0n) is 20.7. The van der Waals surface area contributed by atoms with Crippen molar-refractivity contribution >= 4 is 17.7 Å². The lowest BCUT2D eigenvalue weighted by Gasteiger charge is -2.31. The van der Waals surface area contributed by atoms with E-state index in [0.29, 0.717) is 0 Å². The van der Waals surface area contributed by atoms with Crippen molar-refractivity contribution in [1.82, 2.24) is 19.7 Å². The van der Waals surface area contributed by atoms with Gasteiger partial charge in [-0.15, -0.1) is 0 Å². The average molecular weight is 475 g/mol. The van der Waals surface area contributed by atoms with Crippen LogP contribution < -0.4 is 0 Å². The molecule has 7 nitrogen and oxygen atoms in total. The molecule has 1 aromatic heterocycles. The Morgan fingerprint density at radius 2 is 1.77 bits per heavy atom. The van der Waals surface area contributed by atoms with Gasteiger partial charge in [0.2, 0.25) is 17.7 Å². The number of hydrogen-bond acceptors (Lipinski definition) is 5. The number of imide groups is 1. The molecular formula is C28H34N4O3. The molecule has 3 saturated heterocycles. The van der Waals surface area contributed by atoms with Crippen LogP contribution in [0.2, 0.25) is 0 Å². The number of aromatic nitrogens is 1. The molecule has 7 heteroatoms. The first-order chi connectivity index (χ1) is 16.9. The van der Waals surface area contributed by atoms with Gasteiger partial charge in [0.1, 0.15) is 0 Å². The van der Waals surface area contributed by atoms with Gasteiger partial charge in [-0.2, -0.15) is 0 Å². The molecule has 0 bridgehead atoms. The van der Waals surface area contributed by atoms with Crippen molar-refractivity contribution < 1.29 is 14.4 Å². The van der Waals surface area contributed by atoms with E-state index in [0.717, 1.165) is 62.3 Å². The van der Waals surface area contributed by atoms with E-state index >= 15 is 0 Å². The number of aryl methyl sites for hydroxylation is 1. The molecule has 0 aliphatic carbocycles. The van der Waals surface area contributed by atoms with Crippen LogP contribution in [0.4, 0.5) is 0 Å². The number of nitrogens with zero attached hydrogens (tertiary/aromatic N) is 4. The molecular weight excluding hydrogens is 440 g/mol. The second kappa shape index (κ2) is 9.19. The SMILES string of the molecule is CCN1CC[C@@]2(CCN(C(=O)C[C@]3(c4ccccc4C)CC(=O)N(Cc4ccncc4)C3=O)C2)C1. The monoisotopic (exact) mass is 474 g/mol. The maximum absolute atomic E-state index is 14.0. The molecule has 3 amide bonds. The minimum Gasteiger partial charge on any atom is -0.342 e. The first-order valence-corrected chi connectivity index (χ1v) is 12.7. The van der Waals surface area contributed by atoms with Gasteiger partial charge in [-0.1, -0.05) is 31.2 Å². The number of carbonyl (C=O) groups is 3. The minimum absolute atomic E-state index is 0.0213. The Labute approximate surface area is 207 Å². The summed E-state index contributed by atoms with van der Waals surface area (Å²) in [6.07, 6.45) is 5.49. The van der Waals surface area contributed by atoms with Crippen molar-refractivity contribution in [3.05, 3.63) is 65.5 Å². The quantitative estimate of drug-likeness (QED) is 0.602. The highest BCUT2D eigenvalue weighted by Gasteiger charge is 2.55. The largest absolute Gasteiger partial charge is 0.342 e. The lowest BCUT2D eigenvalue weighted by Crippen LogP contribution is -2.43. The Morgan fingerprint density at radius 3 is 2.49 bits per heavy atom. The van der Waals surface area contributed by atoms with Gasteiger partial charge in [-0.3, -0.25) is 24.3 Å². The average Bonchev–Trinajstić information content (AvgIpc) is 3.54. The van der Waals surface area contributed by atoms with E-state index in [9.17, 15) is 14.4 Å². The molecule has 0 unspecified atom stereocenters. The molecule has 1 spiro atoms. The summed E-state index contributed by atoms with van der Waals surface area (Å²) >= 11 is 0. The molecule has 5 rings (SSSR count). The van der Waals surface area contributed by atoms with Crippen LogP contribution in [0, 0.1) is 12.3 Å². The van der Waals surface area contributed by atoms with Crippen LogP contribution in [-0.4, -0.2) is 70.1 Å². The summed E-state index contributed by atoms with van der Waals surface area (Å²) in [6, 6.07) is 11.3. The van der Waals surface area contributed by atoms with E-state index in [1.54, 1.807) is 12.4 Å². The number of benzene rings is 1. The van der Waals surface area contributed by atoms with Crippen molar-refractivity contribution in [2.45, 2.75) is 51.5 Å². The van der Waals surface area contributed by atoms with E-state index in [-0.39, 0.29) is 42.5 Å². The number of rotatable bonds is 6. The minimum atomic E-state index is -1.16. The molecule has 0 saturated carbocycles. The molecule has 184 valence electrons. The van der Waals surface area contributed by atoms with Crippen molar-refractivity contribution in [3.63, 3.8) is 0 Å². The molecule has 3 aliphatic heterocycles. The first kappa shape index (κ1) is 23.7. The molecule has 2 aromatic rings. The topological polar surface area (TPSA) is 73.8 Å². The van der Waals surface area contributed by atoms with Gasteiger partial charge in [0.15, 0.2) is 0 Å². The van der Waals surface area contributed by atoms with Crippen LogP contribution in [-0.2, 0) is 26.3 Å². The Kier molecular flexibility index (Phi) is 6.21. The van der Waals surface area contributed by atoms with Gasteiger partial charge in [0, 0.05) is 50.3 Å². The van der Waals surface area contributed by atoms with Crippen molar-refractivity contribution in [2.24, 2.45) is 5.41 Å². The summed E-state index contributed by atoms with van der Waals surface area (Å²) in [5.41, 5.74) is 1.57. The van der Waals surface area contributed by atoms with Gasteiger partial charge in [-0.25, -0.2) is 0 Å². The van der Waals surface area contributed by atoms with Crippen LogP contribution in [0.1, 0.15) is 49.3 Å². The summed E-state index contributed by atoms with van der Waals surface area (Å²) < 4.78 is 0. The predicted molar refractivity (Wildman–Crippen MR) is 132 cm³/mol. The van der Waals surface area contributed by atoms with Gasteiger partial charge in [0.25, 0.3) is 0 Å². The van der Waals surface area contributed by atoms with E-state index < -0.39 is 5.41 Å². The summed E-state index contributed by atoms with van der Waals surface area (Å²) in [5, 5.41) is 0. The molecule has 2 atom stereocenters. The number of carbonyl (C=O) groups excluding carboxylic acids is 3. The van der Waals surface area contributed by atoms with Crippen LogP contribution in [0.5, 0.6) is 0 Å². The predicted octanol–water partition coefficient (Wildman–Crippen LogP) is 2.92. The Morgan fingerprint density at radius 1 is 1.03 bits per heavy atom. The van der Waals surface area contributed by atoms with Crippen LogP contribution in [0.25, 0.3) is 0 Å². The number of pyridine rings is 1. The van der Waals surface area contributed by atoms with Crippen molar-refractivity contribution in [3.8, 4) is 0 Å². The Hall–Kier alpha value is -3.06. The smallest absolute Gasteiger partial charge is 0.241 e. The molecule has 0 radical (unpaired) electrons. The third kappa shape index (κ3) is 4.27. The van der Waals surface area contributed by atoms with E-state index in [1.807, 2.05) is 48.2 Å². The number of amides is 3. The first-order valence-electron chi connectivity index (χ1n) is 12.7. The highest BCUT2D eigenvalue weighted by atomic mass is 16.2. The number of likely N-dealkylation sites (tertiary alicyclic amines) is 3. The lowest BCUT2D eigenvalue weighted by atomic mass is 9.74. The normalized spacial score (nSPS) is 26.9. The molecule has 35 heavy (non-hydrogen) atoms. The molecule has 3 fully saturated rings. The van der Waals surface area contributed by atoms with E-state index in [2.05, 4.69) is 16.8 Å². The maximum Gasteiger partial charge on any atom is 0.241 e. The van der Waals surface area contributed by atoms with Gasteiger partial charge < -0.3 is 9.80 Å². The second-order valence-corrected chi connectivity index (χ2v) is 10.6. The molecule has 0 N–H and O–H groups in total. The third-order valence-corrected chi connectivity index (χ3v) is 8.37. The lowest BCUT2D eigenvalue weighted by molar-refractivity contribution is -0.143. The summed E-state index contributed by atoms with van der Waals surface area (Å²) in [4.78, 5) is 50.7. The zero-order chi connectivity index (χ0) is 24.6. The molecule has 1 aromatic carbocycles. The van der Waals surface area contributed by atoms with Crippen LogP contribution in [0.15, 0.2) is 48.8 Å². The fourth-order valence-electron chi connectivity index (χ4n) is 6.33. The summed E-state index contributed by atoms with van der Waals surface area (Å²) in [5.74, 6) is -0.518. The van der Waals surface area contributed by atoms with Gasteiger partial charge >= 0.3 is 0 Å². The van der Waals surface area contributed by atoms with Crippen LogP contribution >= 0.6 is 0 Å². The highest BCUT2D eigenvalue weighted by molar-refractivity contribution is 6.10. The van der Waals surface area contributed by atoms with Crippen molar-refractivity contribution in [1.29, 1.82) is 0 Å². The second-order valence-electron chi connectivity index (χ2n) is 10.6. The third-order valence-electron chi connectivity index (χ3n) is 8.37. The van der Waals surface area contributed by atoms with E-state index in [1.165, 1.54) is 4.90 Å². The Balaban J connectivity index is 1.42. The van der Waals surface area contributed by atoms with Gasteiger partial charge in [-0.05, 0) is 61.7 Å². The molecule has 4 heterocycles. The molecule has 3 aliphatic rings.